The van der Waals surface area contributed by atoms with E-state index in [9.17, 15) is 4.79 Å². The summed E-state index contributed by atoms with van der Waals surface area (Å²) in [5, 5.41) is 6.14. The van der Waals surface area contributed by atoms with E-state index in [-0.39, 0.29) is 16.9 Å². The molecule has 0 radical (unpaired) electrons. The third-order valence-electron chi connectivity index (χ3n) is 3.18. The van der Waals surface area contributed by atoms with Crippen molar-refractivity contribution in [1.82, 2.24) is 10.3 Å². The largest absolute Gasteiger partial charge is 0.373 e. The summed E-state index contributed by atoms with van der Waals surface area (Å²) < 4.78 is 0. The maximum Gasteiger partial charge on any atom is 0.251 e. The Kier molecular flexibility index (Phi) is 5.37. The molecule has 0 unspecified atom stereocenters. The Morgan fingerprint density at radius 3 is 2.29 bits per heavy atom. The van der Waals surface area contributed by atoms with Crippen LogP contribution < -0.4 is 10.6 Å². The molecule has 118 valence electrons. The molecule has 1 amide bonds. The van der Waals surface area contributed by atoms with Crippen LogP contribution in [0.4, 0.5) is 5.82 Å². The number of rotatable bonds is 5. The van der Waals surface area contributed by atoms with Gasteiger partial charge in [0.2, 0.25) is 0 Å². The van der Waals surface area contributed by atoms with Crippen molar-refractivity contribution in [3.8, 4) is 0 Å². The second-order valence-corrected chi connectivity index (χ2v) is 7.41. The lowest BCUT2D eigenvalue weighted by Crippen LogP contribution is -2.45. The van der Waals surface area contributed by atoms with Crippen LogP contribution in [0.2, 0.25) is 0 Å². The van der Waals surface area contributed by atoms with E-state index in [0.717, 1.165) is 24.4 Å². The number of nitrogens with one attached hydrogen (secondary N) is 2. The molecule has 1 aromatic heterocycles. The third-order valence-corrected chi connectivity index (χ3v) is 3.18. The number of nitrogens with zero attached hydrogens (tertiary/aromatic N) is 1. The van der Waals surface area contributed by atoms with Crippen LogP contribution in [0.3, 0.4) is 0 Å². The molecule has 0 saturated heterocycles. The SMILES string of the molecule is CCc1cc(C(=O)NC(C)(C)CC(C)(C)C)cc(NC)n1. The van der Waals surface area contributed by atoms with Gasteiger partial charge in [-0.3, -0.25) is 4.79 Å². The molecule has 1 heterocycles. The normalized spacial score (nSPS) is 12.1. The highest BCUT2D eigenvalue weighted by Crippen LogP contribution is 2.27. The molecular formula is C17H29N3O. The first-order chi connectivity index (χ1) is 9.56. The predicted octanol–water partition coefficient (Wildman–Crippen LogP) is 3.63. The van der Waals surface area contributed by atoms with E-state index >= 15 is 0 Å². The lowest BCUT2D eigenvalue weighted by Gasteiger charge is -2.33. The van der Waals surface area contributed by atoms with Gasteiger partial charge in [0.1, 0.15) is 5.82 Å². The molecule has 0 saturated carbocycles. The molecule has 2 N–H and O–H groups in total. The predicted molar refractivity (Wildman–Crippen MR) is 88.8 cm³/mol. The molecule has 1 rings (SSSR count). The Bertz CT molecular complexity index is 479. The third kappa shape index (κ3) is 5.74. The van der Waals surface area contributed by atoms with Crippen molar-refractivity contribution >= 4 is 11.7 Å². The first kappa shape index (κ1) is 17.5. The molecule has 0 fully saturated rings. The van der Waals surface area contributed by atoms with Gasteiger partial charge in [0.15, 0.2) is 0 Å². The van der Waals surface area contributed by atoms with Crippen LogP contribution in [-0.2, 0) is 6.42 Å². The van der Waals surface area contributed by atoms with Crippen molar-refractivity contribution < 1.29 is 4.79 Å². The molecular weight excluding hydrogens is 262 g/mol. The highest BCUT2D eigenvalue weighted by molar-refractivity contribution is 5.95. The highest BCUT2D eigenvalue weighted by Gasteiger charge is 2.27. The van der Waals surface area contributed by atoms with Gasteiger partial charge in [0, 0.05) is 23.8 Å². The zero-order valence-electron chi connectivity index (χ0n) is 14.4. The van der Waals surface area contributed by atoms with Crippen LogP contribution in [0.5, 0.6) is 0 Å². The lowest BCUT2D eigenvalue weighted by atomic mass is 9.81. The van der Waals surface area contributed by atoms with Gasteiger partial charge in [0.05, 0.1) is 0 Å². The molecule has 0 aliphatic carbocycles. The van der Waals surface area contributed by atoms with Crippen molar-refractivity contribution in [2.45, 2.75) is 59.9 Å². The van der Waals surface area contributed by atoms with E-state index in [2.05, 4.69) is 50.2 Å². The minimum absolute atomic E-state index is 0.0437. The van der Waals surface area contributed by atoms with Gasteiger partial charge >= 0.3 is 0 Å². The summed E-state index contributed by atoms with van der Waals surface area (Å²) in [5.74, 6) is 0.686. The van der Waals surface area contributed by atoms with Crippen molar-refractivity contribution in [2.24, 2.45) is 5.41 Å². The fourth-order valence-electron chi connectivity index (χ4n) is 2.78. The van der Waals surface area contributed by atoms with Gasteiger partial charge in [-0.25, -0.2) is 4.98 Å². The van der Waals surface area contributed by atoms with E-state index in [1.54, 1.807) is 6.07 Å². The van der Waals surface area contributed by atoms with E-state index in [1.165, 1.54) is 0 Å². The smallest absolute Gasteiger partial charge is 0.251 e. The minimum Gasteiger partial charge on any atom is -0.373 e. The van der Waals surface area contributed by atoms with E-state index < -0.39 is 0 Å². The number of hydrogen-bond donors (Lipinski definition) is 2. The number of carbonyl (C=O) groups excluding carboxylic acids is 1. The fraction of sp³-hybridized carbons (Fsp3) is 0.647. The van der Waals surface area contributed by atoms with Crippen LogP contribution in [0, 0.1) is 5.41 Å². The monoisotopic (exact) mass is 291 g/mol. The first-order valence-electron chi connectivity index (χ1n) is 7.57. The Morgan fingerprint density at radius 2 is 1.81 bits per heavy atom. The van der Waals surface area contributed by atoms with Gasteiger partial charge in [-0.2, -0.15) is 0 Å². The summed E-state index contributed by atoms with van der Waals surface area (Å²) in [6.07, 6.45) is 1.72. The Balaban J connectivity index is 2.93. The Hall–Kier alpha value is -1.58. The van der Waals surface area contributed by atoms with Crippen LogP contribution >= 0.6 is 0 Å². The Morgan fingerprint density at radius 1 is 1.19 bits per heavy atom. The van der Waals surface area contributed by atoms with Gasteiger partial charge < -0.3 is 10.6 Å². The van der Waals surface area contributed by atoms with E-state index in [0.29, 0.717) is 5.56 Å². The highest BCUT2D eigenvalue weighted by atomic mass is 16.1. The molecule has 1 aromatic rings. The summed E-state index contributed by atoms with van der Waals surface area (Å²) >= 11 is 0. The average molecular weight is 291 g/mol. The summed E-state index contributed by atoms with van der Waals surface area (Å²) in [6.45, 7) is 12.7. The molecule has 4 heteroatoms. The molecule has 0 aromatic carbocycles. The number of pyridine rings is 1. The van der Waals surface area contributed by atoms with Crippen LogP contribution in [0.15, 0.2) is 12.1 Å². The quantitative estimate of drug-likeness (QED) is 0.871. The van der Waals surface area contributed by atoms with Crippen molar-refractivity contribution in [3.63, 3.8) is 0 Å². The molecule has 21 heavy (non-hydrogen) atoms. The van der Waals surface area contributed by atoms with Crippen molar-refractivity contribution in [1.29, 1.82) is 0 Å². The molecule has 4 nitrogen and oxygen atoms in total. The minimum atomic E-state index is -0.245. The average Bonchev–Trinajstić information content (AvgIpc) is 2.34. The Labute approximate surface area is 128 Å². The van der Waals surface area contributed by atoms with Gasteiger partial charge in [0.25, 0.3) is 5.91 Å². The number of carbonyl (C=O) groups is 1. The molecule has 0 bridgehead atoms. The van der Waals surface area contributed by atoms with Crippen molar-refractivity contribution in [2.75, 3.05) is 12.4 Å². The number of aryl methyl sites for hydroxylation is 1. The van der Waals surface area contributed by atoms with Gasteiger partial charge in [-0.05, 0) is 44.2 Å². The number of amides is 1. The van der Waals surface area contributed by atoms with Gasteiger partial charge in [-0.1, -0.05) is 27.7 Å². The zero-order chi connectivity index (χ0) is 16.3. The number of aromatic nitrogens is 1. The van der Waals surface area contributed by atoms with Crippen LogP contribution in [0.1, 0.15) is 64.0 Å². The lowest BCUT2D eigenvalue weighted by molar-refractivity contribution is 0.0891. The molecule has 0 atom stereocenters. The fourth-order valence-corrected chi connectivity index (χ4v) is 2.78. The summed E-state index contributed by atoms with van der Waals surface area (Å²) in [4.78, 5) is 16.9. The maximum absolute atomic E-state index is 12.5. The second kappa shape index (κ2) is 6.46. The van der Waals surface area contributed by atoms with E-state index in [1.807, 2.05) is 20.0 Å². The molecule has 0 aliphatic rings. The van der Waals surface area contributed by atoms with Crippen LogP contribution in [0.25, 0.3) is 0 Å². The summed E-state index contributed by atoms with van der Waals surface area (Å²) in [7, 11) is 1.81. The van der Waals surface area contributed by atoms with E-state index in [4.69, 9.17) is 0 Å². The number of hydrogen-bond acceptors (Lipinski definition) is 3. The topological polar surface area (TPSA) is 54.0 Å². The summed E-state index contributed by atoms with van der Waals surface area (Å²) in [5.41, 5.74) is 1.50. The van der Waals surface area contributed by atoms with Gasteiger partial charge in [-0.15, -0.1) is 0 Å². The number of anilines is 1. The second-order valence-electron chi connectivity index (χ2n) is 7.41. The maximum atomic E-state index is 12.5. The standard InChI is InChI=1S/C17H29N3O/c1-8-13-9-12(10-14(18-7)19-13)15(21)20-17(5,6)11-16(2,3)4/h9-10H,8,11H2,1-7H3,(H,18,19)(H,20,21). The first-order valence-corrected chi connectivity index (χ1v) is 7.57. The molecule has 0 spiro atoms. The molecule has 0 aliphatic heterocycles. The van der Waals surface area contributed by atoms with Crippen molar-refractivity contribution in [3.05, 3.63) is 23.4 Å². The summed E-state index contributed by atoms with van der Waals surface area (Å²) in [6, 6.07) is 3.66. The van der Waals surface area contributed by atoms with Crippen LogP contribution in [-0.4, -0.2) is 23.5 Å². The zero-order valence-corrected chi connectivity index (χ0v) is 14.4.